The molecule has 0 saturated carbocycles. The maximum atomic E-state index is 11.9. The summed E-state index contributed by atoms with van der Waals surface area (Å²) < 4.78 is 64.7. The predicted molar refractivity (Wildman–Crippen MR) is 131 cm³/mol. The number of halogens is 1. The Morgan fingerprint density at radius 2 is 1.54 bits per heavy atom. The van der Waals surface area contributed by atoms with Crippen LogP contribution in [0.2, 0.25) is 0 Å². The van der Waals surface area contributed by atoms with Gasteiger partial charge in [0.2, 0.25) is 5.91 Å². The Labute approximate surface area is 250 Å². The van der Waals surface area contributed by atoms with Crippen molar-refractivity contribution in [1.29, 1.82) is 0 Å². The zero-order valence-electron chi connectivity index (χ0n) is 18.5. The Balaban J connectivity index is 0.00000306. The molecule has 2 radical (unpaired) electrons. The van der Waals surface area contributed by atoms with Crippen LogP contribution < -0.4 is 5.32 Å². The maximum absolute atomic E-state index is 11.9. The Hall–Kier alpha value is -1.10. The van der Waals surface area contributed by atoms with Crippen LogP contribution in [0.25, 0.3) is 10.8 Å². The van der Waals surface area contributed by atoms with Gasteiger partial charge in [0, 0.05) is 82.5 Å². The second-order valence-electron chi connectivity index (χ2n) is 6.64. The van der Waals surface area contributed by atoms with E-state index in [-0.39, 0.29) is 98.7 Å². The predicted octanol–water partition coefficient (Wildman–Crippen LogP) is 3.26. The van der Waals surface area contributed by atoms with Crippen molar-refractivity contribution in [3.63, 3.8) is 0 Å². The monoisotopic (exact) mass is 559 g/mol. The molecule has 0 aromatic heterocycles. The Morgan fingerprint density at radius 3 is 2.09 bits per heavy atom. The van der Waals surface area contributed by atoms with Crippen LogP contribution in [0.5, 0.6) is 5.75 Å². The van der Waals surface area contributed by atoms with E-state index in [1.807, 2.05) is 0 Å². The van der Waals surface area contributed by atoms with Crippen LogP contribution >= 0.6 is 11.6 Å². The van der Waals surface area contributed by atoms with E-state index in [2.05, 4.69) is 15.5 Å². The first kappa shape index (κ1) is 31.9. The molecule has 3 aromatic carbocycles. The number of carbonyl (C=O) groups is 1. The number of phenols is 1. The second-order valence-corrected chi connectivity index (χ2v) is 9.83. The molecule has 0 unspecified atom stereocenters. The first-order valence-electron chi connectivity index (χ1n) is 9.02. The minimum absolute atomic E-state index is 0. The van der Waals surface area contributed by atoms with Gasteiger partial charge in [-0.15, -0.1) is 16.7 Å². The van der Waals surface area contributed by atoms with Crippen molar-refractivity contribution < 1.29 is 35.8 Å². The summed E-state index contributed by atoms with van der Waals surface area (Å²) in [6, 6.07) is 9.80. The molecule has 1 amide bonds. The van der Waals surface area contributed by atoms with Gasteiger partial charge in [-0.25, -0.2) is 0 Å². The molecule has 16 heteroatoms. The van der Waals surface area contributed by atoms with Crippen molar-refractivity contribution in [3.8, 4) is 5.75 Å². The van der Waals surface area contributed by atoms with Crippen LogP contribution in [0.4, 0.5) is 17.1 Å². The number of amides is 1. The number of carbonyl (C=O) groups excluding carboxylic acids is 1. The van der Waals surface area contributed by atoms with E-state index in [1.165, 1.54) is 30.3 Å². The average molecular weight is 560 g/mol. The number of rotatable bonds is 7. The van der Waals surface area contributed by atoms with Gasteiger partial charge >= 0.3 is 0 Å². The van der Waals surface area contributed by atoms with E-state index < -0.39 is 36.6 Å². The Morgan fingerprint density at radius 1 is 0.914 bits per heavy atom. The molecule has 3 aromatic rings. The number of hydrogen-bond acceptors (Lipinski definition) is 8. The molecule has 0 fully saturated rings. The number of benzene rings is 3. The topological polar surface area (TPSA) is 183 Å². The molecule has 176 valence electrons. The van der Waals surface area contributed by atoms with E-state index in [0.717, 1.165) is 18.2 Å². The van der Waals surface area contributed by atoms with Crippen LogP contribution in [0.1, 0.15) is 6.42 Å². The van der Waals surface area contributed by atoms with E-state index >= 15 is 0 Å². The smallest absolute Gasteiger partial charge is 0.296 e. The van der Waals surface area contributed by atoms with Crippen LogP contribution in [-0.2, 0) is 25.0 Å². The van der Waals surface area contributed by atoms with Crippen molar-refractivity contribution in [2.45, 2.75) is 16.2 Å². The third-order valence-electron chi connectivity index (χ3n) is 4.33. The number of fused-ring (bicyclic) bond motifs is 1. The summed E-state index contributed by atoms with van der Waals surface area (Å²) in [7, 11) is -9.27. The molecule has 0 spiro atoms. The van der Waals surface area contributed by atoms with Gasteiger partial charge in [0.1, 0.15) is 10.6 Å². The summed E-state index contributed by atoms with van der Waals surface area (Å²) in [5, 5.41) is 21.0. The van der Waals surface area contributed by atoms with Crippen LogP contribution in [0, 0.1) is 0 Å². The number of alkyl halides is 1. The summed E-state index contributed by atoms with van der Waals surface area (Å²) in [6.07, 6.45) is 0.0612. The molecule has 0 aliphatic heterocycles. The number of azo groups is 1. The quantitative estimate of drug-likeness (QED) is 0.147. The fourth-order valence-corrected chi connectivity index (χ4v) is 4.13. The number of aromatic hydroxyl groups is 1. The second kappa shape index (κ2) is 12.9. The third-order valence-corrected chi connectivity index (χ3v) is 6.26. The molecule has 0 bridgehead atoms. The molecular weight excluding hydrogens is 544 g/mol. The van der Waals surface area contributed by atoms with Crippen LogP contribution in [0.3, 0.4) is 0 Å². The first-order valence-corrected chi connectivity index (χ1v) is 12.4. The molecule has 35 heavy (non-hydrogen) atoms. The van der Waals surface area contributed by atoms with Gasteiger partial charge in [0.05, 0.1) is 10.6 Å². The minimum Gasteiger partial charge on any atom is -0.505 e. The van der Waals surface area contributed by atoms with Gasteiger partial charge in [0.15, 0.2) is 5.75 Å². The largest absolute Gasteiger partial charge is 0.505 e. The van der Waals surface area contributed by atoms with Crippen LogP contribution in [0.15, 0.2) is 68.6 Å². The maximum Gasteiger partial charge on any atom is 0.296 e. The molecule has 3 rings (SSSR count). The minimum atomic E-state index is -4.85. The van der Waals surface area contributed by atoms with Gasteiger partial charge in [0.25, 0.3) is 20.2 Å². The van der Waals surface area contributed by atoms with Gasteiger partial charge in [-0.1, -0.05) is 0 Å². The molecule has 0 aliphatic carbocycles. The average Bonchev–Trinajstić information content (AvgIpc) is 2.72. The standard InChI is InChI=1S/C19H16ClN3O8S2.2Na/c20-8-7-17(24)21-13-3-6-15-11(9-13)10-16(33(29,30)31)18(19(15)25)23-22-12-1-4-14(5-2-12)32(26,27)28;;/h1-6,9-10,25H,7-8H2,(H,21,24)(H,26,27,28)(H,29,30,31);;. The molecule has 0 aliphatic rings. The molecule has 11 nitrogen and oxygen atoms in total. The Bertz CT molecular complexity index is 1480. The van der Waals surface area contributed by atoms with Crippen LogP contribution in [-0.4, -0.2) is 102 Å². The van der Waals surface area contributed by atoms with E-state index in [0.29, 0.717) is 5.69 Å². The van der Waals surface area contributed by atoms with Gasteiger partial charge in [-0.2, -0.15) is 21.9 Å². The summed E-state index contributed by atoms with van der Waals surface area (Å²) in [6.45, 7) is 0. The van der Waals surface area contributed by atoms with Crippen molar-refractivity contribution in [3.05, 3.63) is 48.5 Å². The van der Waals surface area contributed by atoms with Crippen molar-refractivity contribution >= 4 is 125 Å². The van der Waals surface area contributed by atoms with Gasteiger partial charge in [-0.3, -0.25) is 13.9 Å². The Kier molecular flexibility index (Phi) is 11.8. The molecule has 0 heterocycles. The summed E-state index contributed by atoms with van der Waals surface area (Å²) >= 11 is 5.52. The first-order chi connectivity index (χ1) is 15.4. The molecule has 0 saturated heterocycles. The normalized spacial score (nSPS) is 11.6. The molecule has 4 N–H and O–H groups in total. The van der Waals surface area contributed by atoms with Crippen molar-refractivity contribution in [2.24, 2.45) is 10.2 Å². The summed E-state index contributed by atoms with van der Waals surface area (Å²) in [5.74, 6) is -0.855. The van der Waals surface area contributed by atoms with E-state index in [1.54, 1.807) is 0 Å². The van der Waals surface area contributed by atoms with Crippen molar-refractivity contribution in [1.82, 2.24) is 0 Å². The molecular formula is C19H16ClN3Na2O8S2. The SMILES string of the molecule is O=C(CCCl)Nc1ccc2c(O)c(N=Nc3ccc(S(=O)(=O)O)cc3)c(S(=O)(=O)O)cc2c1.[Na].[Na]. The fourth-order valence-electron chi connectivity index (χ4n) is 2.82. The number of nitrogens with one attached hydrogen (secondary N) is 1. The third kappa shape index (κ3) is 8.20. The number of hydrogen-bond donors (Lipinski definition) is 4. The summed E-state index contributed by atoms with van der Waals surface area (Å²) in [5.41, 5.74) is -0.171. The zero-order valence-corrected chi connectivity index (χ0v) is 24.9. The zero-order chi connectivity index (χ0) is 24.4. The van der Waals surface area contributed by atoms with E-state index in [4.69, 9.17) is 16.2 Å². The van der Waals surface area contributed by atoms with Crippen molar-refractivity contribution in [2.75, 3.05) is 11.2 Å². The van der Waals surface area contributed by atoms with E-state index in [9.17, 15) is 31.3 Å². The number of phenolic OH excluding ortho intramolecular Hbond substituents is 1. The number of nitrogens with zero attached hydrogens (tertiary/aromatic N) is 2. The van der Waals surface area contributed by atoms with Gasteiger partial charge < -0.3 is 10.4 Å². The van der Waals surface area contributed by atoms with Gasteiger partial charge in [-0.05, 0) is 53.9 Å². The molecule has 0 atom stereocenters. The number of anilines is 1. The summed E-state index contributed by atoms with van der Waals surface area (Å²) in [4.78, 5) is 10.6. The fraction of sp³-hybridized carbons (Fsp3) is 0.105.